The number of benzene rings is 1. The average Bonchev–Trinajstić information content (AvgIpc) is 2.94. The molecule has 45 heavy (non-hydrogen) atoms. The maximum atomic E-state index is 12.6. The van der Waals surface area contributed by atoms with Crippen LogP contribution in [0.15, 0.2) is 91.1 Å². The van der Waals surface area contributed by atoms with Crippen molar-refractivity contribution in [2.45, 2.75) is 41.5 Å². The van der Waals surface area contributed by atoms with Gasteiger partial charge in [0.05, 0.1) is 0 Å². The van der Waals surface area contributed by atoms with Gasteiger partial charge in [-0.3, -0.25) is 0 Å². The fourth-order valence-corrected chi connectivity index (χ4v) is 23.0. The van der Waals surface area contributed by atoms with Crippen molar-refractivity contribution in [2.24, 2.45) is 0 Å². The molecule has 0 aliphatic heterocycles. The number of hydrogen-bond acceptors (Lipinski definition) is 12. The molecule has 0 heterocycles. The third-order valence-corrected chi connectivity index (χ3v) is 20.3. The fourth-order valence-electron chi connectivity index (χ4n) is 2.19. The zero-order valence-corrected chi connectivity index (χ0v) is 36.1. The molecule has 0 saturated heterocycles. The van der Waals surface area contributed by atoms with Crippen molar-refractivity contribution in [3.8, 4) is 0 Å². The monoisotopic (exact) mass is 1210 g/mol. The van der Waals surface area contributed by atoms with Gasteiger partial charge in [0.15, 0.2) is 0 Å². The Kier molecular flexibility index (Phi) is 16.3. The molecule has 0 aliphatic rings. The first-order chi connectivity index (χ1) is 20.7. The van der Waals surface area contributed by atoms with E-state index in [-0.39, 0.29) is 43.3 Å². The molecule has 1 rings (SSSR count). The summed E-state index contributed by atoms with van der Waals surface area (Å²) in [6.07, 6.45) is 0. The standard InChI is InChI=1S/C6H3.6C4H6O2.3Bi/c1-2-4-6-5-3-1;6*1-3(2)4(5)6;;;/h1,4-5H;6*1H2,2H3,(H,5,6);;;/q;;;;;;;3*+2/p-6. The number of rotatable bonds is 15. The Labute approximate surface area is 289 Å². The molecule has 0 saturated carbocycles. The van der Waals surface area contributed by atoms with Crippen molar-refractivity contribution in [1.82, 2.24) is 0 Å². The Bertz CT molecular complexity index is 1230. The first-order valence-corrected chi connectivity index (χ1v) is 26.3. The Balaban J connectivity index is 4.13. The van der Waals surface area contributed by atoms with Crippen LogP contribution in [-0.2, 0) is 45.6 Å². The average molecular weight is 1210 g/mol. The second-order valence-electron chi connectivity index (χ2n) is 9.43. The summed E-state index contributed by atoms with van der Waals surface area (Å²) >= 11 is -13.2. The van der Waals surface area contributed by atoms with Gasteiger partial charge in [-0.05, 0) is 0 Å². The molecule has 12 nitrogen and oxygen atoms in total. The van der Waals surface area contributed by atoms with Gasteiger partial charge in [-0.15, -0.1) is 0 Å². The Hall–Kier alpha value is -2.87. The van der Waals surface area contributed by atoms with Gasteiger partial charge >= 0.3 is 292 Å². The van der Waals surface area contributed by atoms with Gasteiger partial charge in [-0.2, -0.15) is 0 Å². The molecule has 1 aromatic rings. The van der Waals surface area contributed by atoms with E-state index in [2.05, 4.69) is 39.5 Å². The van der Waals surface area contributed by atoms with Gasteiger partial charge in [0.2, 0.25) is 0 Å². The SMILES string of the molecule is C=C(C)C(=O)[O][Bi]([O]C(=O)C(=C)C)[c]1c[c]([Bi]([O]C(=O)C(=C)C)[O]C(=O)C(=C)C)c[c]([Bi]([O]C(=O)C(=C)C)[O]C(=O)C(=C)C)c1. The molecule has 0 aromatic heterocycles. The molecule has 0 atom stereocenters. The van der Waals surface area contributed by atoms with Gasteiger partial charge in [0.1, 0.15) is 0 Å². The summed E-state index contributed by atoms with van der Waals surface area (Å²) in [6, 6.07) is 4.24. The Morgan fingerprint density at radius 1 is 0.378 bits per heavy atom. The van der Waals surface area contributed by atoms with E-state index >= 15 is 0 Å². The molecule has 0 unspecified atom stereocenters. The van der Waals surface area contributed by atoms with Crippen LogP contribution in [0.5, 0.6) is 0 Å². The van der Waals surface area contributed by atoms with Gasteiger partial charge < -0.3 is 0 Å². The Morgan fingerprint density at radius 2 is 0.511 bits per heavy atom. The molecular formula is C30H33Bi3O12. The van der Waals surface area contributed by atoms with Crippen molar-refractivity contribution in [3.63, 3.8) is 0 Å². The molecule has 1 aromatic carbocycles. The summed E-state index contributed by atoms with van der Waals surface area (Å²) in [5, 5.41) is 0. The summed E-state index contributed by atoms with van der Waals surface area (Å²) in [6.45, 7) is 29.7. The van der Waals surface area contributed by atoms with E-state index in [1.54, 1.807) is 0 Å². The normalized spacial score (nSPS) is 10.3. The van der Waals surface area contributed by atoms with E-state index in [4.69, 9.17) is 16.9 Å². The molecule has 0 fully saturated rings. The topological polar surface area (TPSA) is 158 Å². The number of hydrogen-bond donors (Lipinski definition) is 0. The molecule has 15 heteroatoms. The quantitative estimate of drug-likeness (QED) is 0.185. The van der Waals surface area contributed by atoms with Crippen molar-refractivity contribution in [3.05, 3.63) is 91.1 Å². The van der Waals surface area contributed by atoms with E-state index in [0.29, 0.717) is 0 Å². The summed E-state index contributed by atoms with van der Waals surface area (Å²) in [5.74, 6) is -5.09. The molecular weight excluding hydrogens is 1180 g/mol. The molecule has 0 spiro atoms. The molecule has 0 bridgehead atoms. The molecule has 0 amide bonds. The van der Waals surface area contributed by atoms with Gasteiger partial charge in [-0.1, -0.05) is 0 Å². The summed E-state index contributed by atoms with van der Waals surface area (Å²) in [4.78, 5) is 75.7. The second-order valence-corrected chi connectivity index (χ2v) is 25.7. The summed E-state index contributed by atoms with van der Waals surface area (Å²) in [7, 11) is 0. The van der Waals surface area contributed by atoms with Crippen LogP contribution in [0.3, 0.4) is 0 Å². The van der Waals surface area contributed by atoms with Crippen LogP contribution >= 0.6 is 0 Å². The minimum atomic E-state index is -4.41. The van der Waals surface area contributed by atoms with Crippen LogP contribution in [0.1, 0.15) is 41.5 Å². The van der Waals surface area contributed by atoms with E-state index in [9.17, 15) is 28.8 Å². The third kappa shape index (κ3) is 13.2. The van der Waals surface area contributed by atoms with E-state index in [1.165, 1.54) is 59.7 Å². The second kappa shape index (κ2) is 18.3. The molecule has 0 aliphatic carbocycles. The van der Waals surface area contributed by atoms with Gasteiger partial charge in [-0.25, -0.2) is 0 Å². The molecule has 0 N–H and O–H groups in total. The number of carbonyl (C=O) groups is 6. The van der Waals surface area contributed by atoms with E-state index in [1.807, 2.05) is 0 Å². The molecule has 240 valence electrons. The van der Waals surface area contributed by atoms with Crippen LogP contribution < -0.4 is 9.81 Å². The zero-order valence-electron chi connectivity index (χ0n) is 25.7. The predicted octanol–water partition coefficient (Wildman–Crippen LogP) is 1.49. The van der Waals surface area contributed by atoms with Crippen LogP contribution in [-0.4, -0.2) is 104 Å². The van der Waals surface area contributed by atoms with Crippen molar-refractivity contribution in [2.75, 3.05) is 0 Å². The van der Waals surface area contributed by atoms with Gasteiger partial charge in [0, 0.05) is 0 Å². The third-order valence-electron chi connectivity index (χ3n) is 4.61. The van der Waals surface area contributed by atoms with Crippen LogP contribution in [0.25, 0.3) is 0 Å². The van der Waals surface area contributed by atoms with Crippen LogP contribution in [0, 0.1) is 0 Å². The maximum absolute atomic E-state index is 12.6. The fraction of sp³-hybridized carbons (Fsp3) is 0.200. The minimum absolute atomic E-state index is 0.0163. The van der Waals surface area contributed by atoms with Crippen molar-refractivity contribution < 1.29 is 45.6 Å². The van der Waals surface area contributed by atoms with Crippen molar-refractivity contribution in [1.29, 1.82) is 0 Å². The van der Waals surface area contributed by atoms with Crippen LogP contribution in [0.2, 0.25) is 0 Å². The number of carbonyl (C=O) groups excluding carboxylic acids is 6. The molecule has 0 radical (unpaired) electrons. The first kappa shape index (κ1) is 40.2. The van der Waals surface area contributed by atoms with Crippen molar-refractivity contribution >= 4 is 114 Å². The van der Waals surface area contributed by atoms with E-state index in [0.717, 1.165) is 0 Å². The predicted molar refractivity (Wildman–Crippen MR) is 168 cm³/mol. The zero-order chi connectivity index (χ0) is 34.8. The summed E-state index contributed by atoms with van der Waals surface area (Å²) in [5.41, 5.74) is 0.0975. The van der Waals surface area contributed by atoms with E-state index < -0.39 is 104 Å². The van der Waals surface area contributed by atoms with Crippen LogP contribution in [0.4, 0.5) is 0 Å². The Morgan fingerprint density at radius 3 is 0.622 bits per heavy atom. The summed E-state index contributed by atoms with van der Waals surface area (Å²) < 4.78 is 34.1. The first-order valence-electron chi connectivity index (χ1n) is 12.6. The van der Waals surface area contributed by atoms with Gasteiger partial charge in [0.25, 0.3) is 0 Å².